The van der Waals surface area contributed by atoms with Gasteiger partial charge in [0.2, 0.25) is 0 Å². The molecule has 0 aliphatic carbocycles. The summed E-state index contributed by atoms with van der Waals surface area (Å²) in [5.41, 5.74) is 0. The fourth-order valence-electron chi connectivity index (χ4n) is 3.96. The van der Waals surface area contributed by atoms with E-state index in [0.717, 1.165) is 12.8 Å². The van der Waals surface area contributed by atoms with Crippen LogP contribution in [0.5, 0.6) is 0 Å². The Hall–Kier alpha value is -1.78. The molecule has 3 aromatic heterocycles. The first-order chi connectivity index (χ1) is 17.3. The quantitative estimate of drug-likeness (QED) is 0.146. The molecule has 0 fully saturated rings. The first-order valence-corrected chi connectivity index (χ1v) is 16.0. The van der Waals surface area contributed by atoms with Crippen LogP contribution >= 0.6 is 34.0 Å². The number of hydrogen-bond donors (Lipinski definition) is 0. The summed E-state index contributed by atoms with van der Waals surface area (Å²) < 4.78 is 0. The molecule has 3 aromatic rings. The zero-order valence-electron chi connectivity index (χ0n) is 21.6. The van der Waals surface area contributed by atoms with Crippen molar-refractivity contribution in [1.82, 2.24) is 0 Å². The summed E-state index contributed by atoms with van der Waals surface area (Å²) in [6, 6.07) is 13.3. The molecule has 0 saturated carbocycles. The molecule has 0 bridgehead atoms. The Balaban J connectivity index is 1.45. The summed E-state index contributed by atoms with van der Waals surface area (Å²) in [6.07, 6.45) is 18.0. The van der Waals surface area contributed by atoms with Crippen molar-refractivity contribution in [2.24, 2.45) is 0 Å². The second-order valence-electron chi connectivity index (χ2n) is 9.13. The van der Waals surface area contributed by atoms with E-state index in [-0.39, 0.29) is 0 Å². The predicted octanol–water partition coefficient (Wildman–Crippen LogP) is 11.4. The van der Waals surface area contributed by atoms with E-state index in [1.165, 1.54) is 106 Å². The number of thiophene rings is 3. The van der Waals surface area contributed by atoms with Gasteiger partial charge in [0, 0.05) is 32.4 Å². The van der Waals surface area contributed by atoms with Crippen LogP contribution in [0.1, 0.15) is 113 Å². The van der Waals surface area contributed by atoms with Gasteiger partial charge >= 0.3 is 0 Å². The maximum absolute atomic E-state index is 3.38. The number of unbranched alkanes of at least 4 members (excludes halogenated alkanes) is 12. The predicted molar refractivity (Wildman–Crippen MR) is 161 cm³/mol. The van der Waals surface area contributed by atoms with Gasteiger partial charge in [-0.05, 0) is 49.2 Å². The molecule has 35 heavy (non-hydrogen) atoms. The van der Waals surface area contributed by atoms with Crippen LogP contribution in [0.25, 0.3) is 19.5 Å². The Labute approximate surface area is 226 Å². The zero-order valence-corrected chi connectivity index (χ0v) is 24.0. The summed E-state index contributed by atoms with van der Waals surface area (Å²) in [4.78, 5) is 7.66. The molecule has 0 radical (unpaired) electrons. The van der Waals surface area contributed by atoms with Crippen molar-refractivity contribution >= 4 is 34.0 Å². The molecule has 0 amide bonds. The summed E-state index contributed by atoms with van der Waals surface area (Å²) >= 11 is 5.50. The molecule has 0 atom stereocenters. The lowest BCUT2D eigenvalue weighted by atomic mass is 10.1. The summed E-state index contributed by atoms with van der Waals surface area (Å²) in [6.45, 7) is 4.54. The lowest BCUT2D eigenvalue weighted by Crippen LogP contribution is -1.77. The molecule has 3 heteroatoms. The normalized spacial score (nSPS) is 10.6. The van der Waals surface area contributed by atoms with Crippen molar-refractivity contribution in [1.29, 1.82) is 0 Å². The molecule has 3 heterocycles. The maximum atomic E-state index is 3.38. The highest BCUT2D eigenvalue weighted by Crippen LogP contribution is 2.39. The van der Waals surface area contributed by atoms with E-state index in [0.29, 0.717) is 0 Å². The van der Waals surface area contributed by atoms with E-state index in [9.17, 15) is 0 Å². The van der Waals surface area contributed by atoms with Crippen LogP contribution in [0, 0.1) is 23.7 Å². The van der Waals surface area contributed by atoms with Gasteiger partial charge in [0.05, 0.1) is 9.75 Å². The van der Waals surface area contributed by atoms with E-state index >= 15 is 0 Å². The molecule has 0 unspecified atom stereocenters. The summed E-state index contributed by atoms with van der Waals surface area (Å²) in [7, 11) is 0. The van der Waals surface area contributed by atoms with Crippen molar-refractivity contribution in [2.75, 3.05) is 0 Å². The van der Waals surface area contributed by atoms with Crippen molar-refractivity contribution in [3.63, 3.8) is 0 Å². The molecular weight excluding hydrogens is 481 g/mol. The second-order valence-corrected chi connectivity index (χ2v) is 12.4. The van der Waals surface area contributed by atoms with E-state index in [2.05, 4.69) is 73.9 Å². The van der Waals surface area contributed by atoms with Gasteiger partial charge in [0.1, 0.15) is 0 Å². The van der Waals surface area contributed by atoms with Gasteiger partial charge in [0.15, 0.2) is 0 Å². The van der Waals surface area contributed by atoms with Crippen molar-refractivity contribution in [2.45, 2.75) is 104 Å². The third kappa shape index (κ3) is 10.4. The number of hydrogen-bond acceptors (Lipinski definition) is 3. The zero-order chi connectivity index (χ0) is 24.6. The average molecular weight is 521 g/mol. The minimum absolute atomic E-state index is 1.02. The summed E-state index contributed by atoms with van der Waals surface area (Å²) in [5, 5.41) is 0. The van der Waals surface area contributed by atoms with Crippen molar-refractivity contribution < 1.29 is 0 Å². The Morgan fingerprint density at radius 3 is 1.29 bits per heavy atom. The van der Waals surface area contributed by atoms with Gasteiger partial charge in [-0.25, -0.2) is 0 Å². The molecule has 0 aromatic carbocycles. The van der Waals surface area contributed by atoms with E-state index in [4.69, 9.17) is 0 Å². The molecule has 0 aliphatic heterocycles. The largest absolute Gasteiger partial charge is 0.134 e. The van der Waals surface area contributed by atoms with Gasteiger partial charge in [-0.1, -0.05) is 102 Å². The molecule has 0 spiro atoms. The highest BCUT2D eigenvalue weighted by molar-refractivity contribution is 7.26. The standard InChI is InChI=1S/C32H40S3/c1-3-5-7-9-11-13-15-17-19-27-21-23-29(33-27)31-25-26-32(35-31)30-24-22-28(34-30)20-18-16-14-12-10-8-6-4-2/h21-26H,3-16H2,1-2H3. The first kappa shape index (κ1) is 27.8. The molecule has 186 valence electrons. The average Bonchev–Trinajstić information content (AvgIpc) is 3.63. The van der Waals surface area contributed by atoms with Crippen LogP contribution < -0.4 is 0 Å². The fourth-order valence-corrected chi connectivity index (χ4v) is 6.91. The number of rotatable bonds is 14. The molecular formula is C32H40S3. The Morgan fingerprint density at radius 2 is 0.829 bits per heavy atom. The van der Waals surface area contributed by atoms with Crippen molar-refractivity contribution in [3.05, 3.63) is 46.2 Å². The minimum atomic E-state index is 1.02. The SMILES string of the molecule is CCCCCCCCC#Cc1ccc(-c2ccc(-c3ccc(C#CCCCCCCCC)s3)s2)s1. The van der Waals surface area contributed by atoms with Crippen LogP contribution in [0.3, 0.4) is 0 Å². The topological polar surface area (TPSA) is 0 Å². The molecule has 0 N–H and O–H groups in total. The van der Waals surface area contributed by atoms with E-state index in [1.807, 2.05) is 34.0 Å². The van der Waals surface area contributed by atoms with Gasteiger partial charge < -0.3 is 0 Å². The third-order valence-corrected chi connectivity index (χ3v) is 9.52. The maximum Gasteiger partial charge on any atom is 0.0775 e. The fraction of sp³-hybridized carbons (Fsp3) is 0.500. The Kier molecular flexibility index (Phi) is 13.4. The lowest BCUT2D eigenvalue weighted by molar-refractivity contribution is 0.614. The van der Waals surface area contributed by atoms with Crippen LogP contribution in [0.2, 0.25) is 0 Å². The second kappa shape index (κ2) is 16.8. The summed E-state index contributed by atoms with van der Waals surface area (Å²) in [5.74, 6) is 13.5. The first-order valence-electron chi connectivity index (χ1n) is 13.6. The molecule has 3 rings (SSSR count). The Bertz CT molecular complexity index is 1020. The third-order valence-electron chi connectivity index (χ3n) is 6.04. The van der Waals surface area contributed by atoms with Crippen LogP contribution in [-0.4, -0.2) is 0 Å². The van der Waals surface area contributed by atoms with Gasteiger partial charge in [-0.15, -0.1) is 34.0 Å². The van der Waals surface area contributed by atoms with E-state index in [1.54, 1.807) is 0 Å². The monoisotopic (exact) mass is 520 g/mol. The smallest absolute Gasteiger partial charge is 0.0775 e. The van der Waals surface area contributed by atoms with Crippen molar-refractivity contribution in [3.8, 4) is 43.2 Å². The molecule has 0 aliphatic rings. The molecule has 0 saturated heterocycles. The molecule has 0 nitrogen and oxygen atoms in total. The minimum Gasteiger partial charge on any atom is -0.134 e. The van der Waals surface area contributed by atoms with Gasteiger partial charge in [-0.3, -0.25) is 0 Å². The van der Waals surface area contributed by atoms with Crippen LogP contribution in [0.15, 0.2) is 36.4 Å². The van der Waals surface area contributed by atoms with Crippen LogP contribution in [0.4, 0.5) is 0 Å². The van der Waals surface area contributed by atoms with Gasteiger partial charge in [-0.2, -0.15) is 0 Å². The lowest BCUT2D eigenvalue weighted by Gasteiger charge is -1.96. The highest BCUT2D eigenvalue weighted by atomic mass is 32.1. The Morgan fingerprint density at radius 1 is 0.457 bits per heavy atom. The van der Waals surface area contributed by atoms with Crippen LogP contribution in [-0.2, 0) is 0 Å². The van der Waals surface area contributed by atoms with Gasteiger partial charge in [0.25, 0.3) is 0 Å². The van der Waals surface area contributed by atoms with E-state index < -0.39 is 0 Å². The highest BCUT2D eigenvalue weighted by Gasteiger charge is 2.09.